The van der Waals surface area contributed by atoms with E-state index in [1.165, 1.54) is 23.3 Å². The fraction of sp³-hybridized carbons (Fsp3) is 0.423. The number of carbonyl (C=O) groups is 1. The third-order valence-corrected chi connectivity index (χ3v) is 7.12. The summed E-state index contributed by atoms with van der Waals surface area (Å²) < 4.78 is 18.5. The van der Waals surface area contributed by atoms with E-state index in [1.807, 2.05) is 11.8 Å². The molecule has 0 unspecified atom stereocenters. The van der Waals surface area contributed by atoms with Gasteiger partial charge in [0.1, 0.15) is 5.82 Å². The fourth-order valence-electron chi connectivity index (χ4n) is 4.10. The Labute approximate surface area is 204 Å². The minimum absolute atomic E-state index is 0.0636. The van der Waals surface area contributed by atoms with Crippen LogP contribution in [0.4, 0.5) is 4.39 Å². The van der Waals surface area contributed by atoms with Crippen molar-refractivity contribution in [2.45, 2.75) is 38.5 Å². The second kappa shape index (κ2) is 12.1. The summed E-state index contributed by atoms with van der Waals surface area (Å²) in [7, 11) is 0. The molecule has 6 nitrogen and oxygen atoms in total. The molecule has 0 aliphatic carbocycles. The molecule has 1 fully saturated rings. The molecule has 2 aromatic carbocycles. The highest BCUT2D eigenvalue weighted by atomic mass is 32.2. The van der Waals surface area contributed by atoms with Crippen molar-refractivity contribution in [3.8, 4) is 11.4 Å². The van der Waals surface area contributed by atoms with Gasteiger partial charge in [-0.15, -0.1) is 0 Å². The number of hydrogen-bond donors (Lipinski definition) is 1. The Morgan fingerprint density at radius 2 is 2.00 bits per heavy atom. The van der Waals surface area contributed by atoms with Crippen molar-refractivity contribution in [2.24, 2.45) is 5.92 Å². The lowest BCUT2D eigenvalue weighted by Crippen LogP contribution is -2.40. The minimum atomic E-state index is -0.295. The largest absolute Gasteiger partial charge is 0.356 e. The second-order valence-corrected chi connectivity index (χ2v) is 9.86. The Balaban J connectivity index is 1.11. The Hall–Kier alpha value is -2.71. The van der Waals surface area contributed by atoms with Crippen LogP contribution in [0, 0.1) is 18.7 Å². The fourth-order valence-corrected chi connectivity index (χ4v) is 5.01. The number of rotatable bonds is 10. The number of nitrogens with one attached hydrogen (secondary N) is 1. The molecule has 8 heteroatoms. The number of thioether (sulfide) groups is 1. The summed E-state index contributed by atoms with van der Waals surface area (Å²) in [6.07, 6.45) is 2.63. The molecule has 0 bridgehead atoms. The van der Waals surface area contributed by atoms with Gasteiger partial charge >= 0.3 is 0 Å². The van der Waals surface area contributed by atoms with Crippen LogP contribution in [0.5, 0.6) is 0 Å². The monoisotopic (exact) mass is 482 g/mol. The summed E-state index contributed by atoms with van der Waals surface area (Å²) in [5.74, 6) is 2.98. The van der Waals surface area contributed by atoms with Gasteiger partial charge in [0.2, 0.25) is 17.6 Å². The van der Waals surface area contributed by atoms with Gasteiger partial charge in [-0.2, -0.15) is 16.7 Å². The molecule has 1 aliphatic rings. The lowest BCUT2D eigenvalue weighted by atomic mass is 9.96. The average molecular weight is 483 g/mol. The first-order valence-electron chi connectivity index (χ1n) is 11.8. The van der Waals surface area contributed by atoms with E-state index in [0.717, 1.165) is 56.0 Å². The molecule has 0 spiro atoms. The molecule has 3 aromatic rings. The van der Waals surface area contributed by atoms with Crippen LogP contribution in [-0.2, 0) is 17.1 Å². The van der Waals surface area contributed by atoms with Crippen molar-refractivity contribution in [1.82, 2.24) is 20.4 Å². The molecule has 34 heavy (non-hydrogen) atoms. The standard InChI is InChI=1S/C26H31FN4O2S/c1-19-4-2-5-20(16-19)18-34-15-3-12-28-26(32)22-10-13-31(14-11-22)17-24-29-25(30-33-24)21-6-8-23(27)9-7-21/h2,4-9,16,22H,3,10-15,17-18H2,1H3,(H,28,32). The zero-order valence-corrected chi connectivity index (χ0v) is 20.3. The molecule has 0 radical (unpaired) electrons. The van der Waals surface area contributed by atoms with Crippen LogP contribution in [0.1, 0.15) is 36.3 Å². The zero-order chi connectivity index (χ0) is 23.8. The van der Waals surface area contributed by atoms with E-state index in [9.17, 15) is 9.18 Å². The van der Waals surface area contributed by atoms with Gasteiger partial charge in [-0.1, -0.05) is 35.0 Å². The lowest BCUT2D eigenvalue weighted by molar-refractivity contribution is -0.126. The normalized spacial score (nSPS) is 14.9. The number of likely N-dealkylation sites (tertiary alicyclic amines) is 1. The van der Waals surface area contributed by atoms with Gasteiger partial charge in [0.25, 0.3) is 0 Å². The van der Waals surface area contributed by atoms with Gasteiger partial charge in [-0.3, -0.25) is 9.69 Å². The second-order valence-electron chi connectivity index (χ2n) is 8.76. The predicted molar refractivity (Wildman–Crippen MR) is 133 cm³/mol. The van der Waals surface area contributed by atoms with E-state index in [0.29, 0.717) is 18.3 Å². The van der Waals surface area contributed by atoms with Crippen LogP contribution in [0.2, 0.25) is 0 Å². The maximum Gasteiger partial charge on any atom is 0.241 e. The number of benzene rings is 2. The van der Waals surface area contributed by atoms with Crippen molar-refractivity contribution in [3.05, 3.63) is 71.4 Å². The summed E-state index contributed by atoms with van der Waals surface area (Å²) in [6, 6.07) is 14.6. The molecule has 180 valence electrons. The van der Waals surface area contributed by atoms with E-state index in [4.69, 9.17) is 4.52 Å². The number of aryl methyl sites for hydroxylation is 1. The smallest absolute Gasteiger partial charge is 0.241 e. The van der Waals surface area contributed by atoms with Crippen LogP contribution in [-0.4, -0.2) is 46.3 Å². The molecular formula is C26H31FN4O2S. The number of nitrogens with zero attached hydrogens (tertiary/aromatic N) is 3. The topological polar surface area (TPSA) is 71.3 Å². The van der Waals surface area contributed by atoms with Gasteiger partial charge in [-0.25, -0.2) is 4.39 Å². The quantitative estimate of drug-likeness (QED) is 0.417. The Morgan fingerprint density at radius 3 is 2.76 bits per heavy atom. The first-order valence-corrected chi connectivity index (χ1v) is 12.9. The highest BCUT2D eigenvalue weighted by Crippen LogP contribution is 2.21. The summed E-state index contributed by atoms with van der Waals surface area (Å²) >= 11 is 1.91. The van der Waals surface area contributed by atoms with E-state index in [2.05, 4.69) is 51.5 Å². The van der Waals surface area contributed by atoms with E-state index < -0.39 is 0 Å². The molecule has 2 heterocycles. The van der Waals surface area contributed by atoms with Crippen molar-refractivity contribution in [3.63, 3.8) is 0 Å². The molecule has 1 N–H and O–H groups in total. The molecule has 0 atom stereocenters. The predicted octanol–water partition coefficient (Wildman–Crippen LogP) is 4.84. The van der Waals surface area contributed by atoms with Gasteiger partial charge in [0.15, 0.2) is 0 Å². The third-order valence-electron chi connectivity index (χ3n) is 6.00. The summed E-state index contributed by atoms with van der Waals surface area (Å²) in [4.78, 5) is 19.2. The number of amides is 1. The molecule has 1 aliphatic heterocycles. The molecule has 4 rings (SSSR count). The number of piperidine rings is 1. The molecular weight excluding hydrogens is 451 g/mol. The number of hydrogen-bond acceptors (Lipinski definition) is 6. The van der Waals surface area contributed by atoms with Crippen LogP contribution in [0.25, 0.3) is 11.4 Å². The number of aromatic nitrogens is 2. The maximum atomic E-state index is 13.1. The van der Waals surface area contributed by atoms with Crippen molar-refractivity contribution >= 4 is 17.7 Å². The average Bonchev–Trinajstić information content (AvgIpc) is 3.30. The summed E-state index contributed by atoms with van der Waals surface area (Å²) in [6.45, 7) is 5.04. The van der Waals surface area contributed by atoms with Gasteiger partial charge < -0.3 is 9.84 Å². The highest BCUT2D eigenvalue weighted by Gasteiger charge is 2.25. The number of halogens is 1. The van der Waals surface area contributed by atoms with E-state index in [1.54, 1.807) is 12.1 Å². The van der Waals surface area contributed by atoms with Gasteiger partial charge in [0.05, 0.1) is 6.54 Å². The van der Waals surface area contributed by atoms with Crippen molar-refractivity contribution < 1.29 is 13.7 Å². The SMILES string of the molecule is Cc1cccc(CSCCCNC(=O)C2CCN(Cc3nc(-c4ccc(F)cc4)no3)CC2)c1. The zero-order valence-electron chi connectivity index (χ0n) is 19.5. The summed E-state index contributed by atoms with van der Waals surface area (Å²) in [5.41, 5.74) is 3.37. The molecule has 1 amide bonds. The summed E-state index contributed by atoms with van der Waals surface area (Å²) in [5, 5.41) is 7.11. The minimum Gasteiger partial charge on any atom is -0.356 e. The van der Waals surface area contributed by atoms with Gasteiger partial charge in [-0.05, 0) is 74.9 Å². The van der Waals surface area contributed by atoms with Gasteiger partial charge in [0, 0.05) is 23.8 Å². The van der Waals surface area contributed by atoms with Crippen LogP contribution < -0.4 is 5.32 Å². The lowest BCUT2D eigenvalue weighted by Gasteiger charge is -2.30. The number of carbonyl (C=O) groups excluding carboxylic acids is 1. The Bertz CT molecular complexity index is 1060. The highest BCUT2D eigenvalue weighted by molar-refractivity contribution is 7.98. The first-order chi connectivity index (χ1) is 16.6. The molecule has 1 saturated heterocycles. The first kappa shape index (κ1) is 24.4. The maximum absolute atomic E-state index is 13.1. The van der Waals surface area contributed by atoms with Crippen molar-refractivity contribution in [2.75, 3.05) is 25.4 Å². The molecule has 1 aromatic heterocycles. The van der Waals surface area contributed by atoms with Crippen LogP contribution in [0.3, 0.4) is 0 Å². The van der Waals surface area contributed by atoms with E-state index >= 15 is 0 Å². The Morgan fingerprint density at radius 1 is 1.21 bits per heavy atom. The van der Waals surface area contributed by atoms with Crippen molar-refractivity contribution in [1.29, 1.82) is 0 Å². The van der Waals surface area contributed by atoms with Crippen LogP contribution in [0.15, 0.2) is 53.1 Å². The van der Waals surface area contributed by atoms with Crippen LogP contribution >= 0.6 is 11.8 Å². The van der Waals surface area contributed by atoms with E-state index in [-0.39, 0.29) is 17.6 Å². The third kappa shape index (κ3) is 7.14. The molecule has 0 saturated carbocycles. The Kier molecular flexibility index (Phi) is 8.71.